The monoisotopic (exact) mass is 256 g/mol. The van der Waals surface area contributed by atoms with Crippen molar-refractivity contribution in [3.63, 3.8) is 0 Å². The summed E-state index contributed by atoms with van der Waals surface area (Å²) in [7, 11) is 1.71. The molecule has 102 valence electrons. The highest BCUT2D eigenvalue weighted by molar-refractivity contribution is 5.23. The standard InChI is InChI=1S/C14H22F2N2/c1-11(2)17-8-12-5-4-6-13(7-12)9-18(3)10-14(15)16/h4-7,11,14,17H,8-10H2,1-3H3. The van der Waals surface area contributed by atoms with Crippen LogP contribution >= 0.6 is 0 Å². The van der Waals surface area contributed by atoms with E-state index >= 15 is 0 Å². The fourth-order valence-corrected chi connectivity index (χ4v) is 1.77. The summed E-state index contributed by atoms with van der Waals surface area (Å²) >= 11 is 0. The number of nitrogens with one attached hydrogen (secondary N) is 1. The quantitative estimate of drug-likeness (QED) is 0.807. The van der Waals surface area contributed by atoms with Crippen LogP contribution < -0.4 is 5.32 Å². The third-order valence-corrected chi connectivity index (χ3v) is 2.61. The van der Waals surface area contributed by atoms with Crippen LogP contribution in [-0.4, -0.2) is 31.0 Å². The summed E-state index contributed by atoms with van der Waals surface area (Å²) in [4.78, 5) is 1.64. The Hall–Kier alpha value is -1.00. The van der Waals surface area contributed by atoms with Crippen LogP contribution in [0.1, 0.15) is 25.0 Å². The van der Waals surface area contributed by atoms with E-state index in [0.29, 0.717) is 12.6 Å². The molecule has 0 aliphatic heterocycles. The number of rotatable bonds is 7. The van der Waals surface area contributed by atoms with E-state index in [1.807, 2.05) is 18.2 Å². The van der Waals surface area contributed by atoms with E-state index in [9.17, 15) is 8.78 Å². The third-order valence-electron chi connectivity index (χ3n) is 2.61. The molecule has 0 aliphatic rings. The lowest BCUT2D eigenvalue weighted by Gasteiger charge is -2.16. The smallest absolute Gasteiger partial charge is 0.251 e. The Balaban J connectivity index is 2.53. The van der Waals surface area contributed by atoms with Gasteiger partial charge in [-0.2, -0.15) is 0 Å². The van der Waals surface area contributed by atoms with Crippen molar-refractivity contribution in [2.45, 2.75) is 39.4 Å². The second kappa shape index (κ2) is 7.44. The highest BCUT2D eigenvalue weighted by Crippen LogP contribution is 2.09. The predicted octanol–water partition coefficient (Wildman–Crippen LogP) is 2.88. The van der Waals surface area contributed by atoms with Crippen molar-refractivity contribution in [3.8, 4) is 0 Å². The lowest BCUT2D eigenvalue weighted by atomic mass is 10.1. The van der Waals surface area contributed by atoms with Gasteiger partial charge in [-0.25, -0.2) is 8.78 Å². The van der Waals surface area contributed by atoms with Gasteiger partial charge in [-0.05, 0) is 18.2 Å². The predicted molar refractivity (Wildman–Crippen MR) is 70.8 cm³/mol. The molecule has 1 aromatic rings. The molecule has 2 nitrogen and oxygen atoms in total. The number of benzene rings is 1. The maximum atomic E-state index is 12.2. The number of nitrogens with zero attached hydrogens (tertiary/aromatic N) is 1. The minimum Gasteiger partial charge on any atom is -0.310 e. The molecule has 1 N–H and O–H groups in total. The van der Waals surface area contributed by atoms with Gasteiger partial charge in [0.15, 0.2) is 0 Å². The summed E-state index contributed by atoms with van der Waals surface area (Å²) in [6.45, 7) is 5.37. The first kappa shape index (κ1) is 15.1. The van der Waals surface area contributed by atoms with Crippen molar-refractivity contribution >= 4 is 0 Å². The summed E-state index contributed by atoms with van der Waals surface area (Å²) < 4.78 is 24.5. The van der Waals surface area contributed by atoms with Crippen LogP contribution in [0.25, 0.3) is 0 Å². The molecule has 0 saturated carbocycles. The first-order chi connectivity index (χ1) is 8.47. The normalized spacial score (nSPS) is 11.8. The zero-order valence-corrected chi connectivity index (χ0v) is 11.3. The molecule has 1 rings (SSSR count). The number of hydrogen-bond acceptors (Lipinski definition) is 2. The molecular formula is C14H22F2N2. The van der Waals surface area contributed by atoms with Gasteiger partial charge < -0.3 is 5.32 Å². The van der Waals surface area contributed by atoms with Gasteiger partial charge in [0.25, 0.3) is 6.43 Å². The van der Waals surface area contributed by atoms with Crippen molar-refractivity contribution in [3.05, 3.63) is 35.4 Å². The topological polar surface area (TPSA) is 15.3 Å². The van der Waals surface area contributed by atoms with Crippen molar-refractivity contribution in [1.82, 2.24) is 10.2 Å². The van der Waals surface area contributed by atoms with Crippen LogP contribution in [0.5, 0.6) is 0 Å². The fraction of sp³-hybridized carbons (Fsp3) is 0.571. The van der Waals surface area contributed by atoms with Gasteiger partial charge in [-0.15, -0.1) is 0 Å². The Bertz CT molecular complexity index is 353. The Morgan fingerprint density at radius 2 is 1.89 bits per heavy atom. The van der Waals surface area contributed by atoms with Crippen LogP contribution in [0.2, 0.25) is 0 Å². The SMILES string of the molecule is CC(C)NCc1cccc(CN(C)CC(F)F)c1. The second-order valence-corrected chi connectivity index (χ2v) is 4.94. The lowest BCUT2D eigenvalue weighted by Crippen LogP contribution is -2.24. The van der Waals surface area contributed by atoms with Gasteiger partial charge in [0.2, 0.25) is 0 Å². The van der Waals surface area contributed by atoms with Gasteiger partial charge in [0.1, 0.15) is 0 Å². The van der Waals surface area contributed by atoms with E-state index in [0.717, 1.165) is 12.1 Å². The van der Waals surface area contributed by atoms with Crippen molar-refractivity contribution in [2.75, 3.05) is 13.6 Å². The van der Waals surface area contributed by atoms with Crippen molar-refractivity contribution in [2.24, 2.45) is 0 Å². The fourth-order valence-electron chi connectivity index (χ4n) is 1.77. The Labute approximate surface area is 108 Å². The lowest BCUT2D eigenvalue weighted by molar-refractivity contribution is 0.0975. The number of hydrogen-bond donors (Lipinski definition) is 1. The molecule has 0 saturated heterocycles. The largest absolute Gasteiger partial charge is 0.310 e. The molecule has 0 unspecified atom stereocenters. The van der Waals surface area contributed by atoms with Gasteiger partial charge >= 0.3 is 0 Å². The molecule has 0 heterocycles. The van der Waals surface area contributed by atoms with Gasteiger partial charge in [0, 0.05) is 19.1 Å². The molecule has 0 aromatic heterocycles. The highest BCUT2D eigenvalue weighted by atomic mass is 19.3. The molecule has 1 aromatic carbocycles. The minimum absolute atomic E-state index is 0.186. The van der Waals surface area contributed by atoms with Gasteiger partial charge in [-0.3, -0.25) is 4.90 Å². The van der Waals surface area contributed by atoms with E-state index in [-0.39, 0.29) is 6.54 Å². The molecule has 0 aliphatic carbocycles. The van der Waals surface area contributed by atoms with E-state index in [1.54, 1.807) is 11.9 Å². The first-order valence-electron chi connectivity index (χ1n) is 6.25. The zero-order chi connectivity index (χ0) is 13.5. The molecule has 0 fully saturated rings. The molecule has 0 bridgehead atoms. The van der Waals surface area contributed by atoms with Crippen LogP contribution in [0, 0.1) is 0 Å². The molecule has 0 amide bonds. The molecule has 18 heavy (non-hydrogen) atoms. The van der Waals surface area contributed by atoms with Crippen LogP contribution in [0.3, 0.4) is 0 Å². The van der Waals surface area contributed by atoms with E-state index < -0.39 is 6.43 Å². The van der Waals surface area contributed by atoms with Crippen LogP contribution in [0.15, 0.2) is 24.3 Å². The van der Waals surface area contributed by atoms with Crippen LogP contribution in [-0.2, 0) is 13.1 Å². The summed E-state index contributed by atoms with van der Waals surface area (Å²) in [6.07, 6.45) is -2.28. The van der Waals surface area contributed by atoms with E-state index in [4.69, 9.17) is 0 Å². The highest BCUT2D eigenvalue weighted by Gasteiger charge is 2.08. The second-order valence-electron chi connectivity index (χ2n) is 4.94. The van der Waals surface area contributed by atoms with Gasteiger partial charge in [-0.1, -0.05) is 38.1 Å². The molecular weight excluding hydrogens is 234 g/mol. The summed E-state index contributed by atoms with van der Waals surface area (Å²) in [5.41, 5.74) is 2.26. The van der Waals surface area contributed by atoms with Crippen molar-refractivity contribution in [1.29, 1.82) is 0 Å². The molecule has 0 atom stereocenters. The average Bonchev–Trinajstić information content (AvgIpc) is 2.25. The average molecular weight is 256 g/mol. The molecule has 0 spiro atoms. The maximum Gasteiger partial charge on any atom is 0.251 e. The maximum absolute atomic E-state index is 12.2. The summed E-state index contributed by atoms with van der Waals surface area (Å²) in [6, 6.07) is 8.50. The van der Waals surface area contributed by atoms with Gasteiger partial charge in [0.05, 0.1) is 6.54 Å². The first-order valence-corrected chi connectivity index (χ1v) is 6.25. The summed E-state index contributed by atoms with van der Waals surface area (Å²) in [5, 5.41) is 3.34. The molecule has 0 radical (unpaired) electrons. The number of halogens is 2. The minimum atomic E-state index is -2.28. The Morgan fingerprint density at radius 1 is 1.22 bits per heavy atom. The number of alkyl halides is 2. The zero-order valence-electron chi connectivity index (χ0n) is 11.3. The Kier molecular flexibility index (Phi) is 6.22. The third kappa shape index (κ3) is 6.07. The summed E-state index contributed by atoms with van der Waals surface area (Å²) in [5.74, 6) is 0. The Morgan fingerprint density at radius 3 is 2.50 bits per heavy atom. The van der Waals surface area contributed by atoms with Crippen LogP contribution in [0.4, 0.5) is 8.78 Å². The van der Waals surface area contributed by atoms with E-state index in [1.165, 1.54) is 5.56 Å². The van der Waals surface area contributed by atoms with E-state index in [2.05, 4.69) is 25.2 Å². The molecule has 4 heteroatoms. The van der Waals surface area contributed by atoms with Crippen molar-refractivity contribution < 1.29 is 8.78 Å².